The molecule has 25 heavy (non-hydrogen) atoms. The van der Waals surface area contributed by atoms with Crippen LogP contribution in [0.3, 0.4) is 0 Å². The molecule has 0 fully saturated rings. The molecule has 4 rings (SSSR count). The monoisotopic (exact) mass is 327 g/mol. The van der Waals surface area contributed by atoms with Crippen molar-refractivity contribution >= 4 is 10.9 Å². The molecule has 0 amide bonds. The van der Waals surface area contributed by atoms with E-state index in [4.69, 9.17) is 10.00 Å². The minimum atomic E-state index is 0.260. The van der Waals surface area contributed by atoms with Gasteiger partial charge in [0.25, 0.3) is 0 Å². The molecule has 6 heteroatoms. The van der Waals surface area contributed by atoms with Crippen molar-refractivity contribution in [2.24, 2.45) is 0 Å². The zero-order chi connectivity index (χ0) is 17.1. The van der Waals surface area contributed by atoms with Crippen LogP contribution in [-0.4, -0.2) is 20.4 Å². The van der Waals surface area contributed by atoms with Gasteiger partial charge in [-0.05, 0) is 24.3 Å². The minimum absolute atomic E-state index is 0.260. The van der Waals surface area contributed by atoms with Crippen molar-refractivity contribution in [1.82, 2.24) is 20.4 Å². The van der Waals surface area contributed by atoms with Crippen LogP contribution >= 0.6 is 0 Å². The number of fused-ring (bicyclic) bond motifs is 1. The number of nitrogens with zero attached hydrogens (tertiary/aromatic N) is 4. The number of aromatic amines is 1. The van der Waals surface area contributed by atoms with Crippen molar-refractivity contribution in [3.05, 3.63) is 72.1 Å². The summed E-state index contributed by atoms with van der Waals surface area (Å²) in [5.41, 5.74) is 3.50. The van der Waals surface area contributed by atoms with Gasteiger partial charge in [0, 0.05) is 22.7 Å². The van der Waals surface area contributed by atoms with E-state index >= 15 is 0 Å². The maximum absolute atomic E-state index is 9.07. The van der Waals surface area contributed by atoms with Crippen molar-refractivity contribution in [3.63, 3.8) is 0 Å². The Hall–Kier alpha value is -3.72. The molecule has 2 aromatic heterocycles. The summed E-state index contributed by atoms with van der Waals surface area (Å²) < 4.78 is 5.87. The van der Waals surface area contributed by atoms with Crippen LogP contribution in [0.15, 0.2) is 60.8 Å². The molecule has 120 valence electrons. The normalized spacial score (nSPS) is 10.5. The molecule has 2 heterocycles. The Labute approximate surface area is 143 Å². The molecule has 0 bridgehead atoms. The number of hydrogen-bond donors (Lipinski definition) is 1. The Bertz CT molecular complexity index is 1080. The van der Waals surface area contributed by atoms with E-state index < -0.39 is 0 Å². The van der Waals surface area contributed by atoms with Gasteiger partial charge in [-0.2, -0.15) is 15.6 Å². The number of nitriles is 1. The van der Waals surface area contributed by atoms with Crippen LogP contribution in [0.1, 0.15) is 11.3 Å². The summed E-state index contributed by atoms with van der Waals surface area (Å²) in [6.45, 7) is 0.408. The third-order valence-corrected chi connectivity index (χ3v) is 3.81. The molecule has 4 aromatic rings. The van der Waals surface area contributed by atoms with E-state index in [1.54, 1.807) is 0 Å². The zero-order valence-electron chi connectivity index (χ0n) is 13.2. The largest absolute Gasteiger partial charge is 0.489 e. The van der Waals surface area contributed by atoms with Crippen molar-refractivity contribution < 1.29 is 4.74 Å². The molecule has 2 aromatic carbocycles. The minimum Gasteiger partial charge on any atom is -0.489 e. The van der Waals surface area contributed by atoms with Gasteiger partial charge in [-0.1, -0.05) is 30.3 Å². The number of para-hydroxylation sites is 1. The van der Waals surface area contributed by atoms with Crippen molar-refractivity contribution in [1.29, 1.82) is 5.26 Å². The topological polar surface area (TPSA) is 87.5 Å². The number of H-pyrrole nitrogens is 1. The highest BCUT2D eigenvalue weighted by atomic mass is 16.5. The highest BCUT2D eigenvalue weighted by molar-refractivity contribution is 5.78. The van der Waals surface area contributed by atoms with Gasteiger partial charge in [0.1, 0.15) is 24.1 Å². The smallest absolute Gasteiger partial charge is 0.190 e. The summed E-state index contributed by atoms with van der Waals surface area (Å²) in [5.74, 6) is 0.692. The van der Waals surface area contributed by atoms with Crippen LogP contribution < -0.4 is 4.74 Å². The van der Waals surface area contributed by atoms with E-state index in [0.717, 1.165) is 22.0 Å². The predicted molar refractivity (Wildman–Crippen MR) is 92.6 cm³/mol. The molecule has 0 saturated carbocycles. The highest BCUT2D eigenvalue weighted by Crippen LogP contribution is 2.24. The van der Waals surface area contributed by atoms with Gasteiger partial charge in [0.05, 0.1) is 5.52 Å². The quantitative estimate of drug-likeness (QED) is 0.620. The lowest BCUT2D eigenvalue weighted by molar-refractivity contribution is 0.306. The average Bonchev–Trinajstić information content (AvgIpc) is 3.15. The Morgan fingerprint density at radius 3 is 2.88 bits per heavy atom. The number of benzene rings is 2. The molecule has 6 nitrogen and oxygen atoms in total. The Balaban J connectivity index is 1.55. The molecule has 0 radical (unpaired) electrons. The fraction of sp³-hybridized carbons (Fsp3) is 0.0526. The van der Waals surface area contributed by atoms with Crippen LogP contribution in [0.25, 0.3) is 22.2 Å². The summed E-state index contributed by atoms with van der Waals surface area (Å²) >= 11 is 0. The summed E-state index contributed by atoms with van der Waals surface area (Å²) in [4.78, 5) is 4.44. The van der Waals surface area contributed by atoms with E-state index in [-0.39, 0.29) is 5.69 Å². The molecule has 0 spiro atoms. The first-order valence-corrected chi connectivity index (χ1v) is 7.71. The fourth-order valence-electron chi connectivity index (χ4n) is 2.61. The maximum atomic E-state index is 9.07. The molecule has 0 aliphatic rings. The number of pyridine rings is 1. The molecule has 1 N–H and O–H groups in total. The van der Waals surface area contributed by atoms with Crippen LogP contribution in [0.5, 0.6) is 5.75 Å². The molecule has 0 aliphatic carbocycles. The molecule has 0 aliphatic heterocycles. The van der Waals surface area contributed by atoms with Crippen molar-refractivity contribution in [2.75, 3.05) is 0 Å². The standard InChI is InChI=1S/C19H13N5O/c20-10-18-19(23-24-22-18)15-5-3-6-16(9-15)25-12-13-8-14-4-1-2-7-17(14)21-11-13/h1-9,11H,12H2,(H,22,23,24). The Morgan fingerprint density at radius 2 is 1.96 bits per heavy atom. The second-order valence-electron chi connectivity index (χ2n) is 5.49. The van der Waals surface area contributed by atoms with Gasteiger partial charge in [-0.25, -0.2) is 0 Å². The summed E-state index contributed by atoms with van der Waals surface area (Å²) in [6.07, 6.45) is 1.82. The maximum Gasteiger partial charge on any atom is 0.190 e. The van der Waals surface area contributed by atoms with E-state index in [9.17, 15) is 0 Å². The zero-order valence-corrected chi connectivity index (χ0v) is 13.2. The van der Waals surface area contributed by atoms with Gasteiger partial charge in [0.2, 0.25) is 0 Å². The third kappa shape index (κ3) is 3.03. The lowest BCUT2D eigenvalue weighted by Gasteiger charge is -2.08. The van der Waals surface area contributed by atoms with Gasteiger partial charge in [-0.3, -0.25) is 4.98 Å². The third-order valence-electron chi connectivity index (χ3n) is 3.81. The molecule has 0 atom stereocenters. The van der Waals surface area contributed by atoms with Crippen LogP contribution in [0.2, 0.25) is 0 Å². The van der Waals surface area contributed by atoms with Crippen LogP contribution in [0.4, 0.5) is 0 Å². The lowest BCUT2D eigenvalue weighted by atomic mass is 10.1. The Morgan fingerprint density at radius 1 is 1.04 bits per heavy atom. The van der Waals surface area contributed by atoms with Crippen LogP contribution in [-0.2, 0) is 6.61 Å². The summed E-state index contributed by atoms with van der Waals surface area (Å²) in [6, 6.07) is 19.5. The predicted octanol–water partition coefficient (Wildman–Crippen LogP) is 3.47. The first-order chi connectivity index (χ1) is 12.3. The first-order valence-electron chi connectivity index (χ1n) is 7.71. The lowest BCUT2D eigenvalue weighted by Crippen LogP contribution is -1.96. The van der Waals surface area contributed by atoms with E-state index in [1.165, 1.54) is 0 Å². The van der Waals surface area contributed by atoms with E-state index in [1.807, 2.05) is 60.8 Å². The summed E-state index contributed by atoms with van der Waals surface area (Å²) in [5, 5.41) is 20.5. The van der Waals surface area contributed by atoms with E-state index in [0.29, 0.717) is 18.1 Å². The van der Waals surface area contributed by atoms with Crippen molar-refractivity contribution in [3.8, 4) is 23.1 Å². The van der Waals surface area contributed by atoms with Crippen molar-refractivity contribution in [2.45, 2.75) is 6.61 Å². The van der Waals surface area contributed by atoms with Gasteiger partial charge >= 0.3 is 0 Å². The van der Waals surface area contributed by atoms with Crippen LogP contribution in [0, 0.1) is 11.3 Å². The highest BCUT2D eigenvalue weighted by Gasteiger charge is 2.10. The molecule has 0 saturated heterocycles. The molecule has 0 unspecified atom stereocenters. The van der Waals surface area contributed by atoms with Gasteiger partial charge in [-0.15, -0.1) is 5.10 Å². The number of rotatable bonds is 4. The number of aromatic nitrogens is 4. The van der Waals surface area contributed by atoms with Gasteiger partial charge < -0.3 is 4.74 Å². The van der Waals surface area contributed by atoms with E-state index in [2.05, 4.69) is 26.5 Å². The first kappa shape index (κ1) is 14.8. The second kappa shape index (κ2) is 6.42. The van der Waals surface area contributed by atoms with Gasteiger partial charge in [0.15, 0.2) is 5.69 Å². The average molecular weight is 327 g/mol. The Kier molecular flexibility index (Phi) is 3.81. The number of nitrogens with one attached hydrogen (secondary N) is 1. The number of ether oxygens (including phenoxy) is 1. The molecular formula is C19H13N5O. The number of hydrogen-bond acceptors (Lipinski definition) is 5. The SMILES string of the molecule is N#Cc1n[nH]nc1-c1cccc(OCc2cnc3ccccc3c2)c1. The molecular weight excluding hydrogens is 314 g/mol. The fourth-order valence-corrected chi connectivity index (χ4v) is 2.61. The summed E-state index contributed by atoms with van der Waals surface area (Å²) in [7, 11) is 0. The second-order valence-corrected chi connectivity index (χ2v) is 5.49.